The number of H-pyrrole nitrogens is 1. The third kappa shape index (κ3) is 6.85. The van der Waals surface area contributed by atoms with Gasteiger partial charge in [0, 0.05) is 28.5 Å². The minimum atomic E-state index is -1.71. The average Bonchev–Trinajstić information content (AvgIpc) is 3.25. The summed E-state index contributed by atoms with van der Waals surface area (Å²) in [5.74, 6) is 0.785. The first-order valence-corrected chi connectivity index (χ1v) is 13.4. The van der Waals surface area contributed by atoms with Gasteiger partial charge in [0.25, 0.3) is 0 Å². The number of nitrogens with one attached hydrogen (secondary N) is 2. The Balaban J connectivity index is 1.60. The molecule has 0 aliphatic carbocycles. The molecular weight excluding hydrogens is 469 g/mol. The second-order valence-corrected chi connectivity index (χ2v) is 10.4. The molecule has 0 radical (unpaired) electrons. The predicted molar refractivity (Wildman–Crippen MR) is 142 cm³/mol. The molecule has 0 amide bonds. The van der Waals surface area contributed by atoms with Gasteiger partial charge in [0.1, 0.15) is 14.1 Å². The summed E-state index contributed by atoms with van der Waals surface area (Å²) in [4.78, 5) is 33.7. The molecule has 0 spiro atoms. The number of imidazole rings is 1. The number of halogens is 1. The zero-order chi connectivity index (χ0) is 24.7. The molecule has 5 N–H and O–H groups in total. The lowest BCUT2D eigenvalue weighted by molar-refractivity contribution is -0.117. The Hall–Kier alpha value is -1.86. The molecular formula is C25H35ClN5O2P. The van der Waals surface area contributed by atoms with Crippen LogP contribution in [0.25, 0.3) is 11.0 Å². The maximum atomic E-state index is 12.9. The summed E-state index contributed by atoms with van der Waals surface area (Å²) in [6, 6.07) is 5.59. The molecule has 0 bridgehead atoms. The predicted octanol–water partition coefficient (Wildman–Crippen LogP) is 4.96. The van der Waals surface area contributed by atoms with Gasteiger partial charge in [-0.2, -0.15) is 0 Å². The van der Waals surface area contributed by atoms with E-state index in [-0.39, 0.29) is 17.9 Å². The van der Waals surface area contributed by atoms with Gasteiger partial charge >= 0.3 is 0 Å². The fourth-order valence-electron chi connectivity index (χ4n) is 4.16. The molecule has 34 heavy (non-hydrogen) atoms. The summed E-state index contributed by atoms with van der Waals surface area (Å²) < 4.78 is 0. The zero-order valence-corrected chi connectivity index (χ0v) is 21.6. The lowest BCUT2D eigenvalue weighted by atomic mass is 10.0. The first-order chi connectivity index (χ1) is 16.4. The maximum Gasteiger partial charge on any atom is 0.176 e. The second-order valence-electron chi connectivity index (χ2n) is 8.53. The lowest BCUT2D eigenvalue weighted by Crippen LogP contribution is -2.46. The SMILES string of the molecule is C=C(/C=C\C(=C/C)C(=O)CN1CCCCC1CN)P(O)NC(CC)c1nc2ccc(Cl)cc2[nH]1. The molecule has 1 saturated heterocycles. The van der Waals surface area contributed by atoms with Crippen LogP contribution in [0.4, 0.5) is 0 Å². The molecule has 3 atom stereocenters. The molecule has 2 aromatic rings. The van der Waals surface area contributed by atoms with Crippen molar-refractivity contribution >= 4 is 36.7 Å². The average molecular weight is 504 g/mol. The van der Waals surface area contributed by atoms with E-state index in [9.17, 15) is 9.69 Å². The van der Waals surface area contributed by atoms with E-state index >= 15 is 0 Å². The van der Waals surface area contributed by atoms with E-state index in [1.807, 2.05) is 26.0 Å². The maximum absolute atomic E-state index is 12.9. The largest absolute Gasteiger partial charge is 0.356 e. The Bertz CT molecular complexity index is 1070. The van der Waals surface area contributed by atoms with Gasteiger partial charge in [-0.3, -0.25) is 14.8 Å². The number of benzene rings is 1. The van der Waals surface area contributed by atoms with E-state index in [1.54, 1.807) is 24.3 Å². The Kier molecular flexibility index (Phi) is 10.0. The van der Waals surface area contributed by atoms with E-state index in [1.165, 1.54) is 0 Å². The van der Waals surface area contributed by atoms with Crippen molar-refractivity contribution in [3.8, 4) is 0 Å². The van der Waals surface area contributed by atoms with Crippen LogP contribution in [0.15, 0.2) is 53.9 Å². The van der Waals surface area contributed by atoms with Crippen molar-refractivity contribution in [2.75, 3.05) is 19.6 Å². The monoisotopic (exact) mass is 503 g/mol. The van der Waals surface area contributed by atoms with Crippen molar-refractivity contribution in [3.05, 3.63) is 64.7 Å². The standard InChI is InChI=1S/C25H35ClN5O2P/c1-4-18(24(32)16-31-13-7-6-8-20(31)15-27)10-9-17(3)34(33)30-21(5-2)25-28-22-12-11-19(26)14-23(22)29-25/h4,9-12,14,20-21,30,33H,3,5-8,13,15-16,27H2,1-2H3,(H,28,29)/b10-9-,18-4+. The second kappa shape index (κ2) is 12.7. The number of ketones is 1. The van der Waals surface area contributed by atoms with Crippen molar-refractivity contribution < 1.29 is 9.69 Å². The number of carbonyl (C=O) groups excluding carboxylic acids is 1. The molecule has 1 aliphatic heterocycles. The summed E-state index contributed by atoms with van der Waals surface area (Å²) in [6.45, 7) is 9.71. The number of allylic oxidation sites excluding steroid dienone is 4. The van der Waals surface area contributed by atoms with Crippen LogP contribution in [0.3, 0.4) is 0 Å². The number of Topliss-reactive ketones (excluding diaryl/α,β-unsaturated/α-hetero) is 1. The van der Waals surface area contributed by atoms with E-state index in [2.05, 4.69) is 26.5 Å². The number of piperidine rings is 1. The van der Waals surface area contributed by atoms with Crippen molar-refractivity contribution in [2.24, 2.45) is 5.73 Å². The number of aromatic amines is 1. The highest BCUT2D eigenvalue weighted by molar-refractivity contribution is 7.54. The minimum Gasteiger partial charge on any atom is -0.356 e. The molecule has 0 saturated carbocycles. The normalized spacial score (nSPS) is 19.6. The van der Waals surface area contributed by atoms with Crippen LogP contribution in [-0.2, 0) is 4.79 Å². The number of nitrogens with two attached hydrogens (primary N) is 1. The van der Waals surface area contributed by atoms with Crippen LogP contribution in [0.2, 0.25) is 5.02 Å². The molecule has 3 rings (SSSR count). The van der Waals surface area contributed by atoms with E-state index in [0.717, 1.165) is 49.1 Å². The highest BCUT2D eigenvalue weighted by Gasteiger charge is 2.24. The summed E-state index contributed by atoms with van der Waals surface area (Å²) >= 11 is 6.07. The van der Waals surface area contributed by atoms with Crippen LogP contribution in [0.5, 0.6) is 0 Å². The molecule has 1 aromatic heterocycles. The van der Waals surface area contributed by atoms with Crippen LogP contribution >= 0.6 is 19.9 Å². The number of rotatable bonds is 11. The topological polar surface area (TPSA) is 107 Å². The van der Waals surface area contributed by atoms with Crippen LogP contribution in [0.1, 0.15) is 51.4 Å². The van der Waals surface area contributed by atoms with Gasteiger partial charge in [-0.05, 0) is 50.9 Å². The number of nitrogens with zero attached hydrogens (tertiary/aromatic N) is 2. The molecule has 1 fully saturated rings. The number of aromatic nitrogens is 2. The van der Waals surface area contributed by atoms with Crippen molar-refractivity contribution in [3.63, 3.8) is 0 Å². The number of likely N-dealkylation sites (tertiary alicyclic amines) is 1. The highest BCUT2D eigenvalue weighted by Crippen LogP contribution is 2.39. The van der Waals surface area contributed by atoms with E-state index in [0.29, 0.717) is 29.0 Å². The summed E-state index contributed by atoms with van der Waals surface area (Å²) in [5.41, 5.74) is 8.17. The Morgan fingerprint density at radius 1 is 1.47 bits per heavy atom. The molecule has 2 heterocycles. The Labute approximate surface area is 208 Å². The van der Waals surface area contributed by atoms with Gasteiger partial charge in [0.2, 0.25) is 0 Å². The van der Waals surface area contributed by atoms with Crippen molar-refractivity contribution in [1.29, 1.82) is 0 Å². The summed E-state index contributed by atoms with van der Waals surface area (Å²) in [7, 11) is -1.71. The van der Waals surface area contributed by atoms with Crippen molar-refractivity contribution in [2.45, 2.75) is 51.6 Å². The van der Waals surface area contributed by atoms with Gasteiger partial charge in [-0.15, -0.1) is 0 Å². The molecule has 9 heteroatoms. The minimum absolute atomic E-state index is 0.0505. The van der Waals surface area contributed by atoms with Crippen LogP contribution < -0.4 is 10.8 Å². The van der Waals surface area contributed by atoms with Crippen LogP contribution in [-0.4, -0.2) is 51.2 Å². The summed E-state index contributed by atoms with van der Waals surface area (Å²) in [5, 5.41) is 4.39. The first kappa shape index (κ1) is 26.7. The Morgan fingerprint density at radius 3 is 2.97 bits per heavy atom. The fourth-order valence-corrected chi connectivity index (χ4v) is 5.31. The lowest BCUT2D eigenvalue weighted by Gasteiger charge is -2.34. The smallest absolute Gasteiger partial charge is 0.176 e. The summed E-state index contributed by atoms with van der Waals surface area (Å²) in [6.07, 6.45) is 9.28. The molecule has 7 nitrogen and oxygen atoms in total. The van der Waals surface area contributed by atoms with E-state index in [4.69, 9.17) is 17.3 Å². The molecule has 1 aliphatic rings. The third-order valence-electron chi connectivity index (χ3n) is 6.21. The highest BCUT2D eigenvalue weighted by atomic mass is 35.5. The number of hydrogen-bond acceptors (Lipinski definition) is 6. The first-order valence-electron chi connectivity index (χ1n) is 11.8. The molecule has 1 aromatic carbocycles. The number of hydrogen-bond donors (Lipinski definition) is 4. The van der Waals surface area contributed by atoms with Gasteiger partial charge in [-0.25, -0.2) is 4.98 Å². The van der Waals surface area contributed by atoms with Gasteiger partial charge in [0.15, 0.2) is 5.78 Å². The van der Waals surface area contributed by atoms with E-state index < -0.39 is 8.30 Å². The quantitative estimate of drug-likeness (QED) is 0.196. The third-order valence-corrected chi connectivity index (χ3v) is 7.69. The zero-order valence-electron chi connectivity index (χ0n) is 19.9. The molecule has 3 unspecified atom stereocenters. The fraction of sp³-hybridized carbons (Fsp3) is 0.440. The van der Waals surface area contributed by atoms with Gasteiger partial charge < -0.3 is 15.6 Å². The van der Waals surface area contributed by atoms with Crippen molar-refractivity contribution in [1.82, 2.24) is 20.0 Å². The number of carbonyl (C=O) groups is 1. The Morgan fingerprint density at radius 2 is 2.26 bits per heavy atom. The number of fused-ring (bicyclic) bond motifs is 1. The molecule has 184 valence electrons. The van der Waals surface area contributed by atoms with Crippen LogP contribution in [0, 0.1) is 0 Å². The van der Waals surface area contributed by atoms with Gasteiger partial charge in [0.05, 0.1) is 23.6 Å². The van der Waals surface area contributed by atoms with Gasteiger partial charge in [-0.1, -0.05) is 49.8 Å².